The van der Waals surface area contributed by atoms with Gasteiger partial charge >= 0.3 is 0 Å². The van der Waals surface area contributed by atoms with Gasteiger partial charge in [0.25, 0.3) is 0 Å². The number of rotatable bonds is 7. The van der Waals surface area contributed by atoms with Crippen LogP contribution < -0.4 is 16.4 Å². The lowest BCUT2D eigenvalue weighted by Crippen LogP contribution is -2.58. The van der Waals surface area contributed by atoms with Gasteiger partial charge in [-0.3, -0.25) is 4.79 Å². The van der Waals surface area contributed by atoms with Gasteiger partial charge < -0.3 is 16.4 Å². The van der Waals surface area contributed by atoms with Crippen molar-refractivity contribution in [2.75, 3.05) is 17.2 Å². The molecular formula is C20H23ClN6O. The number of carbonyl (C=O) groups is 1. The van der Waals surface area contributed by atoms with Gasteiger partial charge in [0, 0.05) is 23.5 Å². The fourth-order valence-electron chi connectivity index (χ4n) is 3.49. The molecule has 28 heavy (non-hydrogen) atoms. The molecule has 2 aromatic rings. The number of primary amides is 1. The summed E-state index contributed by atoms with van der Waals surface area (Å²) >= 11 is 6.00. The number of carbonyl (C=O) groups excluding carboxylic acids is 1. The van der Waals surface area contributed by atoms with Crippen molar-refractivity contribution in [3.05, 3.63) is 46.6 Å². The molecule has 1 aliphatic carbocycles. The molecule has 1 heterocycles. The number of anilines is 2. The molecule has 1 aromatic heterocycles. The highest BCUT2D eigenvalue weighted by molar-refractivity contribution is 6.30. The predicted molar refractivity (Wildman–Crippen MR) is 109 cm³/mol. The number of benzene rings is 1. The fraction of sp³-hybridized carbons (Fsp3) is 0.400. The number of nitrogens with one attached hydrogen (secondary N) is 2. The number of nitriles is 1. The first-order valence-electron chi connectivity index (χ1n) is 9.12. The van der Waals surface area contributed by atoms with Crippen LogP contribution in [0.3, 0.4) is 0 Å². The zero-order valence-electron chi connectivity index (χ0n) is 15.9. The van der Waals surface area contributed by atoms with Crippen LogP contribution in [-0.2, 0) is 11.2 Å². The van der Waals surface area contributed by atoms with Crippen LogP contribution in [0.25, 0.3) is 0 Å². The van der Waals surface area contributed by atoms with Crippen molar-refractivity contribution in [2.24, 2.45) is 17.1 Å². The van der Waals surface area contributed by atoms with Crippen molar-refractivity contribution >= 4 is 29.3 Å². The number of nitrogens with two attached hydrogens (primary N) is 1. The zero-order valence-corrected chi connectivity index (χ0v) is 16.6. The van der Waals surface area contributed by atoms with Crippen LogP contribution in [0.15, 0.2) is 30.5 Å². The van der Waals surface area contributed by atoms with E-state index in [0.717, 1.165) is 12.0 Å². The van der Waals surface area contributed by atoms with Gasteiger partial charge in [-0.15, -0.1) is 0 Å². The third-order valence-corrected chi connectivity index (χ3v) is 5.65. The summed E-state index contributed by atoms with van der Waals surface area (Å²) < 4.78 is 0. The Balaban J connectivity index is 1.65. The topological polar surface area (TPSA) is 117 Å². The summed E-state index contributed by atoms with van der Waals surface area (Å²) in [5, 5.41) is 16.5. The first-order valence-corrected chi connectivity index (χ1v) is 9.50. The largest absolute Gasteiger partial charge is 0.369 e. The van der Waals surface area contributed by atoms with E-state index in [9.17, 15) is 10.1 Å². The van der Waals surface area contributed by atoms with E-state index in [1.807, 2.05) is 38.1 Å². The van der Waals surface area contributed by atoms with Crippen molar-refractivity contribution in [1.29, 1.82) is 5.26 Å². The Morgan fingerprint density at radius 2 is 2.25 bits per heavy atom. The first kappa shape index (κ1) is 19.9. The van der Waals surface area contributed by atoms with E-state index >= 15 is 0 Å². The SMILES string of the molecule is CC1(C)[C@H](Nc2nc(NCCc3cccc(Cl)c3)ncc2C#N)C[C@H]1C(N)=O. The van der Waals surface area contributed by atoms with Crippen LogP contribution in [0.1, 0.15) is 31.4 Å². The normalized spacial score (nSPS) is 19.9. The van der Waals surface area contributed by atoms with Crippen LogP contribution in [0, 0.1) is 22.7 Å². The smallest absolute Gasteiger partial charge is 0.224 e. The number of amides is 1. The van der Waals surface area contributed by atoms with Gasteiger partial charge in [0.2, 0.25) is 11.9 Å². The Bertz CT molecular complexity index is 923. The predicted octanol–water partition coefficient (Wildman–Crippen LogP) is 2.97. The minimum absolute atomic E-state index is 0.00584. The number of aromatic nitrogens is 2. The summed E-state index contributed by atoms with van der Waals surface area (Å²) in [5.74, 6) is 0.415. The molecule has 0 unspecified atom stereocenters. The third-order valence-electron chi connectivity index (χ3n) is 5.42. The monoisotopic (exact) mass is 398 g/mol. The zero-order chi connectivity index (χ0) is 20.3. The third kappa shape index (κ3) is 4.18. The van der Waals surface area contributed by atoms with Crippen molar-refractivity contribution in [3.8, 4) is 6.07 Å². The highest BCUT2D eigenvalue weighted by Crippen LogP contribution is 2.47. The van der Waals surface area contributed by atoms with E-state index in [0.29, 0.717) is 35.3 Å². The van der Waals surface area contributed by atoms with E-state index in [1.165, 1.54) is 6.20 Å². The Labute approximate surface area is 169 Å². The van der Waals surface area contributed by atoms with Crippen molar-refractivity contribution in [3.63, 3.8) is 0 Å². The maximum atomic E-state index is 11.5. The van der Waals surface area contributed by atoms with Crippen molar-refractivity contribution < 1.29 is 4.79 Å². The van der Waals surface area contributed by atoms with E-state index in [1.54, 1.807) is 0 Å². The maximum Gasteiger partial charge on any atom is 0.224 e. The lowest BCUT2D eigenvalue weighted by atomic mass is 9.58. The second kappa shape index (κ2) is 8.03. The number of hydrogen-bond acceptors (Lipinski definition) is 6. The summed E-state index contributed by atoms with van der Waals surface area (Å²) in [7, 11) is 0. The van der Waals surface area contributed by atoms with E-state index in [-0.39, 0.29) is 23.3 Å². The van der Waals surface area contributed by atoms with Gasteiger partial charge in [0.05, 0.1) is 6.20 Å². The van der Waals surface area contributed by atoms with E-state index in [2.05, 4.69) is 26.7 Å². The quantitative estimate of drug-likeness (QED) is 0.660. The molecule has 1 fully saturated rings. The second-order valence-corrected chi connectivity index (χ2v) is 8.02. The minimum atomic E-state index is -0.302. The molecule has 2 atom stereocenters. The molecule has 146 valence electrons. The van der Waals surface area contributed by atoms with Crippen molar-refractivity contribution in [1.82, 2.24) is 9.97 Å². The van der Waals surface area contributed by atoms with Crippen LogP contribution >= 0.6 is 11.6 Å². The maximum absolute atomic E-state index is 11.5. The van der Waals surface area contributed by atoms with E-state index < -0.39 is 0 Å². The van der Waals surface area contributed by atoms with Crippen LogP contribution in [0.5, 0.6) is 0 Å². The van der Waals surface area contributed by atoms with E-state index in [4.69, 9.17) is 17.3 Å². The summed E-state index contributed by atoms with van der Waals surface area (Å²) in [4.78, 5) is 20.2. The van der Waals surface area contributed by atoms with Crippen molar-refractivity contribution in [2.45, 2.75) is 32.7 Å². The van der Waals surface area contributed by atoms with Gasteiger partial charge in [-0.2, -0.15) is 10.2 Å². The molecule has 4 N–H and O–H groups in total. The fourth-order valence-corrected chi connectivity index (χ4v) is 3.70. The second-order valence-electron chi connectivity index (χ2n) is 7.58. The summed E-state index contributed by atoms with van der Waals surface area (Å²) in [5.41, 5.74) is 6.63. The van der Waals surface area contributed by atoms with Gasteiger partial charge in [-0.05, 0) is 36.0 Å². The number of hydrogen-bond donors (Lipinski definition) is 3. The van der Waals surface area contributed by atoms with Gasteiger partial charge in [0.1, 0.15) is 17.5 Å². The highest BCUT2D eigenvalue weighted by Gasteiger charge is 2.51. The van der Waals surface area contributed by atoms with Crippen LogP contribution in [0.2, 0.25) is 5.02 Å². The van der Waals surface area contributed by atoms with Crippen LogP contribution in [0.4, 0.5) is 11.8 Å². The highest BCUT2D eigenvalue weighted by atomic mass is 35.5. The summed E-state index contributed by atoms with van der Waals surface area (Å²) in [6, 6.07) is 9.79. The molecule has 8 heteroatoms. The first-order chi connectivity index (χ1) is 13.3. The Hall–Kier alpha value is -2.85. The number of nitrogens with zero attached hydrogens (tertiary/aromatic N) is 3. The standard InChI is InChI=1S/C20H23ClN6O/c1-20(2)15(17(23)28)9-16(20)26-18-13(10-22)11-25-19(27-18)24-7-6-12-4-3-5-14(21)8-12/h3-5,8,11,15-16H,6-7,9H2,1-2H3,(H2,23,28)(H2,24,25,26,27)/t15-,16+/m0/s1. The summed E-state index contributed by atoms with van der Waals surface area (Å²) in [6.07, 6.45) is 2.88. The molecule has 1 saturated carbocycles. The molecule has 0 bridgehead atoms. The minimum Gasteiger partial charge on any atom is -0.369 e. The Kier molecular flexibility index (Phi) is 5.71. The average Bonchev–Trinajstić information content (AvgIpc) is 2.64. The molecule has 0 spiro atoms. The molecule has 7 nitrogen and oxygen atoms in total. The average molecular weight is 399 g/mol. The molecule has 1 aromatic carbocycles. The summed E-state index contributed by atoms with van der Waals surface area (Å²) in [6.45, 7) is 4.60. The molecule has 0 saturated heterocycles. The van der Waals surface area contributed by atoms with Gasteiger partial charge in [-0.1, -0.05) is 37.6 Å². The molecule has 1 amide bonds. The Morgan fingerprint density at radius 3 is 2.89 bits per heavy atom. The number of halogens is 1. The molecule has 3 rings (SSSR count). The lowest BCUT2D eigenvalue weighted by molar-refractivity contribution is -0.131. The van der Waals surface area contributed by atoms with Gasteiger partial charge in [0.15, 0.2) is 0 Å². The molecule has 0 radical (unpaired) electrons. The molecule has 1 aliphatic rings. The Morgan fingerprint density at radius 1 is 1.46 bits per heavy atom. The lowest BCUT2D eigenvalue weighted by Gasteiger charge is -2.50. The molecular weight excluding hydrogens is 376 g/mol. The van der Waals surface area contributed by atoms with Crippen LogP contribution in [-0.4, -0.2) is 28.5 Å². The van der Waals surface area contributed by atoms with Gasteiger partial charge in [-0.25, -0.2) is 4.98 Å². The molecule has 0 aliphatic heterocycles.